The zero-order valence-electron chi connectivity index (χ0n) is 20.0. The predicted molar refractivity (Wildman–Crippen MR) is 129 cm³/mol. The van der Waals surface area contributed by atoms with E-state index < -0.39 is 22.6 Å². The van der Waals surface area contributed by atoms with Crippen molar-refractivity contribution in [1.29, 1.82) is 0 Å². The van der Waals surface area contributed by atoms with E-state index in [2.05, 4.69) is 4.98 Å². The van der Waals surface area contributed by atoms with Crippen LogP contribution in [0, 0.1) is 10.1 Å². The number of carbonyl (C=O) groups is 2. The average molecular weight is 481 g/mol. The number of ether oxygens (including phenoxy) is 1. The van der Waals surface area contributed by atoms with E-state index in [1.807, 2.05) is 0 Å². The number of benzene rings is 2. The van der Waals surface area contributed by atoms with Gasteiger partial charge in [-0.1, -0.05) is 18.2 Å². The van der Waals surface area contributed by atoms with E-state index in [4.69, 9.17) is 4.74 Å². The standard InChI is InChI=1S/C25H28N4O6/c1-15(2)35-25(13-16-7-5-8-18(30)11-16)24(32)27(3)21(23(31)28(25)4)12-17-14-26-19-9-6-10-20(22(17)19)29(33)34/h5-11,14-15,21,26,30H,12-13H2,1-4H3/t21-,25+/m0/s1. The van der Waals surface area contributed by atoms with Gasteiger partial charge in [0.05, 0.1) is 21.9 Å². The molecule has 0 radical (unpaired) electrons. The van der Waals surface area contributed by atoms with Crippen molar-refractivity contribution in [2.24, 2.45) is 0 Å². The summed E-state index contributed by atoms with van der Waals surface area (Å²) in [5.74, 6) is -0.705. The van der Waals surface area contributed by atoms with Gasteiger partial charge in [0.15, 0.2) is 0 Å². The van der Waals surface area contributed by atoms with Crippen LogP contribution in [0.25, 0.3) is 10.9 Å². The van der Waals surface area contributed by atoms with Crippen LogP contribution in [0.2, 0.25) is 0 Å². The van der Waals surface area contributed by atoms with Crippen molar-refractivity contribution in [3.8, 4) is 5.75 Å². The van der Waals surface area contributed by atoms with Crippen molar-refractivity contribution in [3.05, 3.63) is 69.9 Å². The SMILES string of the molecule is CC(C)O[C@]1(Cc2cccc(O)c2)C(=O)N(C)[C@@H](Cc2c[nH]c3cccc([N+](=O)[O-])c23)C(=O)N1C. The largest absolute Gasteiger partial charge is 0.508 e. The van der Waals surface area contributed by atoms with Crippen LogP contribution in [0.1, 0.15) is 25.0 Å². The first-order valence-electron chi connectivity index (χ1n) is 11.3. The third kappa shape index (κ3) is 4.21. The van der Waals surface area contributed by atoms with Crippen LogP contribution in [0.3, 0.4) is 0 Å². The molecule has 2 aromatic carbocycles. The van der Waals surface area contributed by atoms with Gasteiger partial charge in [-0.05, 0) is 43.2 Å². The van der Waals surface area contributed by atoms with Gasteiger partial charge in [0.25, 0.3) is 11.6 Å². The summed E-state index contributed by atoms with van der Waals surface area (Å²) in [5, 5.41) is 21.9. The molecule has 2 atom stereocenters. The summed E-state index contributed by atoms with van der Waals surface area (Å²) in [6.07, 6.45) is 1.42. The van der Waals surface area contributed by atoms with E-state index in [0.717, 1.165) is 0 Å². The number of nitrogens with zero attached hydrogens (tertiary/aromatic N) is 3. The number of fused-ring (bicyclic) bond motifs is 1. The molecule has 0 unspecified atom stereocenters. The number of piperazine rings is 1. The van der Waals surface area contributed by atoms with Gasteiger partial charge in [0.2, 0.25) is 11.6 Å². The number of nitro benzene ring substituents is 1. The smallest absolute Gasteiger partial charge is 0.279 e. The molecule has 1 aliphatic heterocycles. The number of aromatic hydroxyl groups is 1. The van der Waals surface area contributed by atoms with Gasteiger partial charge in [0, 0.05) is 39.2 Å². The minimum absolute atomic E-state index is 0.0478. The molecule has 1 fully saturated rings. The molecule has 0 saturated carbocycles. The predicted octanol–water partition coefficient (Wildman–Crippen LogP) is 2.99. The minimum Gasteiger partial charge on any atom is -0.508 e. The second-order valence-corrected chi connectivity index (χ2v) is 9.10. The maximum atomic E-state index is 13.8. The van der Waals surface area contributed by atoms with Crippen molar-refractivity contribution in [3.63, 3.8) is 0 Å². The molecule has 184 valence electrons. The highest BCUT2D eigenvalue weighted by molar-refractivity contribution is 6.00. The molecule has 1 aliphatic rings. The lowest BCUT2D eigenvalue weighted by molar-refractivity contribution is -0.383. The third-order valence-electron chi connectivity index (χ3n) is 6.44. The number of aromatic nitrogens is 1. The lowest BCUT2D eigenvalue weighted by atomic mass is 9.92. The molecular formula is C25H28N4O6. The highest BCUT2D eigenvalue weighted by atomic mass is 16.6. The summed E-state index contributed by atoms with van der Waals surface area (Å²) in [7, 11) is 3.07. The van der Waals surface area contributed by atoms with Crippen molar-refractivity contribution in [1.82, 2.24) is 14.8 Å². The fourth-order valence-corrected chi connectivity index (χ4v) is 4.81. The number of nitro groups is 1. The summed E-state index contributed by atoms with van der Waals surface area (Å²) >= 11 is 0. The van der Waals surface area contributed by atoms with Crippen LogP contribution in [0.5, 0.6) is 5.75 Å². The monoisotopic (exact) mass is 480 g/mol. The maximum Gasteiger partial charge on any atom is 0.279 e. The van der Waals surface area contributed by atoms with Crippen molar-refractivity contribution in [2.75, 3.05) is 14.1 Å². The zero-order valence-corrected chi connectivity index (χ0v) is 20.0. The summed E-state index contributed by atoms with van der Waals surface area (Å²) in [6, 6.07) is 10.3. The van der Waals surface area contributed by atoms with Gasteiger partial charge in [-0.2, -0.15) is 0 Å². The fraction of sp³-hybridized carbons (Fsp3) is 0.360. The van der Waals surface area contributed by atoms with Gasteiger partial charge in [-0.3, -0.25) is 19.7 Å². The third-order valence-corrected chi connectivity index (χ3v) is 6.44. The fourth-order valence-electron chi connectivity index (χ4n) is 4.81. The van der Waals surface area contributed by atoms with E-state index in [-0.39, 0.29) is 36.3 Å². The summed E-state index contributed by atoms with van der Waals surface area (Å²) in [5.41, 5.74) is 0.129. The van der Waals surface area contributed by atoms with Crippen LogP contribution < -0.4 is 0 Å². The highest BCUT2D eigenvalue weighted by Crippen LogP contribution is 2.35. The lowest BCUT2D eigenvalue weighted by Crippen LogP contribution is -2.72. The Balaban J connectivity index is 1.72. The molecule has 3 aromatic rings. The quantitative estimate of drug-likeness (QED) is 0.395. The Morgan fingerprint density at radius 3 is 2.57 bits per heavy atom. The number of hydrogen-bond acceptors (Lipinski definition) is 6. The second kappa shape index (κ2) is 9.03. The van der Waals surface area contributed by atoms with Crippen molar-refractivity contribution < 1.29 is 24.4 Å². The minimum atomic E-state index is -1.60. The Kier molecular flexibility index (Phi) is 6.25. The molecule has 4 rings (SSSR count). The summed E-state index contributed by atoms with van der Waals surface area (Å²) in [6.45, 7) is 3.57. The number of nitrogens with one attached hydrogen (secondary N) is 1. The van der Waals surface area contributed by atoms with Crippen molar-refractivity contribution >= 4 is 28.4 Å². The maximum absolute atomic E-state index is 13.8. The summed E-state index contributed by atoms with van der Waals surface area (Å²) < 4.78 is 6.13. The van der Waals surface area contributed by atoms with Crippen molar-refractivity contribution in [2.45, 2.75) is 44.6 Å². The van der Waals surface area contributed by atoms with E-state index in [9.17, 15) is 24.8 Å². The van der Waals surface area contributed by atoms with E-state index >= 15 is 0 Å². The first-order chi connectivity index (χ1) is 16.5. The molecule has 0 aliphatic carbocycles. The number of hydrogen-bond donors (Lipinski definition) is 2. The van der Waals surface area contributed by atoms with Crippen LogP contribution in [0.15, 0.2) is 48.7 Å². The number of amides is 2. The Morgan fingerprint density at radius 1 is 1.20 bits per heavy atom. The van der Waals surface area contributed by atoms with Gasteiger partial charge >= 0.3 is 0 Å². The number of aromatic amines is 1. The highest BCUT2D eigenvalue weighted by Gasteiger charge is 2.55. The molecular weight excluding hydrogens is 452 g/mol. The number of rotatable bonds is 7. The first kappa shape index (κ1) is 24.2. The molecule has 1 saturated heterocycles. The molecule has 1 aromatic heterocycles. The summed E-state index contributed by atoms with van der Waals surface area (Å²) in [4.78, 5) is 44.4. The average Bonchev–Trinajstić information content (AvgIpc) is 3.22. The number of carbonyl (C=O) groups excluding carboxylic acids is 2. The molecule has 10 heteroatoms. The number of non-ortho nitro benzene ring substituents is 1. The number of H-pyrrole nitrogens is 1. The molecule has 2 heterocycles. The van der Waals surface area contributed by atoms with Crippen LogP contribution in [0.4, 0.5) is 5.69 Å². The Bertz CT molecular complexity index is 1300. The molecule has 10 nitrogen and oxygen atoms in total. The number of likely N-dealkylation sites (N-methyl/N-ethyl adjacent to an activating group) is 2. The van der Waals surface area contributed by atoms with Gasteiger partial charge in [-0.25, -0.2) is 0 Å². The van der Waals surface area contributed by atoms with E-state index in [1.54, 1.807) is 51.4 Å². The van der Waals surface area contributed by atoms with E-state index in [1.165, 1.54) is 35.0 Å². The van der Waals surface area contributed by atoms with Crippen LogP contribution in [-0.2, 0) is 27.2 Å². The lowest BCUT2D eigenvalue weighted by Gasteiger charge is -2.50. The molecule has 2 amide bonds. The van der Waals surface area contributed by atoms with E-state index in [0.29, 0.717) is 22.0 Å². The van der Waals surface area contributed by atoms with Crippen LogP contribution in [-0.4, -0.2) is 68.6 Å². The number of phenols is 1. The molecule has 2 N–H and O–H groups in total. The molecule has 0 spiro atoms. The van der Waals surface area contributed by atoms with Gasteiger partial charge in [-0.15, -0.1) is 0 Å². The molecule has 35 heavy (non-hydrogen) atoms. The Hall–Kier alpha value is -3.92. The topological polar surface area (TPSA) is 129 Å². The molecule has 0 bridgehead atoms. The Morgan fingerprint density at radius 2 is 1.91 bits per heavy atom. The zero-order chi connectivity index (χ0) is 25.5. The van der Waals surface area contributed by atoms with Crippen LogP contribution >= 0.6 is 0 Å². The normalized spacial score (nSPS) is 20.8. The van der Waals surface area contributed by atoms with Gasteiger partial charge in [0.1, 0.15) is 11.8 Å². The Labute approximate surface area is 202 Å². The van der Waals surface area contributed by atoms with Gasteiger partial charge < -0.3 is 24.6 Å². The number of phenolic OH excluding ortho intramolecular Hbond substituents is 1. The second-order valence-electron chi connectivity index (χ2n) is 9.10. The first-order valence-corrected chi connectivity index (χ1v) is 11.3.